The van der Waals surface area contributed by atoms with Gasteiger partial charge in [0.25, 0.3) is 0 Å². The summed E-state index contributed by atoms with van der Waals surface area (Å²) in [6, 6.07) is 17.7. The lowest BCUT2D eigenvalue weighted by Crippen LogP contribution is -2.54. The van der Waals surface area contributed by atoms with Crippen molar-refractivity contribution < 1.29 is 18.7 Å². The number of carbonyl (C=O) groups excluding carboxylic acids is 1. The van der Waals surface area contributed by atoms with Crippen LogP contribution in [0, 0.1) is 12.7 Å². The number of halogens is 1. The van der Waals surface area contributed by atoms with Gasteiger partial charge in [-0.05, 0) is 74.9 Å². The molecule has 1 fully saturated rings. The highest BCUT2D eigenvalue weighted by molar-refractivity contribution is 6.12. The fraction of sp³-hybridized carbons (Fsp3) is 0.273. The van der Waals surface area contributed by atoms with E-state index in [1.165, 1.54) is 16.9 Å². The van der Waals surface area contributed by atoms with E-state index in [1.54, 1.807) is 48.5 Å². The number of nitrogen functional groups attached to an aromatic ring is 2. The average molecular weight is 598 g/mol. The number of aromatic nitrogens is 3. The van der Waals surface area contributed by atoms with Crippen molar-refractivity contribution in [3.63, 3.8) is 0 Å². The highest BCUT2D eigenvalue weighted by Gasteiger charge is 2.22. The molecule has 6 N–H and O–H groups in total. The third-order valence-corrected chi connectivity index (χ3v) is 7.81. The Labute approximate surface area is 254 Å². The molecule has 0 amide bonds. The van der Waals surface area contributed by atoms with E-state index < -0.39 is 5.82 Å². The van der Waals surface area contributed by atoms with Crippen LogP contribution >= 0.6 is 0 Å². The summed E-state index contributed by atoms with van der Waals surface area (Å²) < 4.78 is 27.3. The zero-order valence-electron chi connectivity index (χ0n) is 24.9. The van der Waals surface area contributed by atoms with Crippen LogP contribution in [0.5, 0.6) is 17.2 Å². The number of nitrogens with zero attached hydrogens (tertiary/aromatic N) is 3. The van der Waals surface area contributed by atoms with Crippen LogP contribution < -0.4 is 26.3 Å². The maximum atomic E-state index is 14.0. The number of benzene rings is 3. The monoisotopic (exact) mass is 597 g/mol. The number of carbonyl (C=O) groups is 1. The molecule has 0 saturated carbocycles. The van der Waals surface area contributed by atoms with Crippen LogP contribution in [0.3, 0.4) is 0 Å². The first-order valence-corrected chi connectivity index (χ1v) is 14.6. The van der Waals surface area contributed by atoms with Gasteiger partial charge in [-0.1, -0.05) is 12.1 Å². The van der Waals surface area contributed by atoms with Gasteiger partial charge in [0.15, 0.2) is 11.6 Å². The average Bonchev–Trinajstić information content (AvgIpc) is 3.56. The first-order chi connectivity index (χ1) is 21.2. The number of para-hydroxylation sites is 1. The number of ether oxygens (including phenoxy) is 2. The van der Waals surface area contributed by atoms with Gasteiger partial charge >= 0.3 is 0 Å². The van der Waals surface area contributed by atoms with Crippen molar-refractivity contribution in [2.45, 2.75) is 32.9 Å². The van der Waals surface area contributed by atoms with Gasteiger partial charge in [-0.3, -0.25) is 9.69 Å². The molecule has 2 unspecified atom stereocenters. The molecule has 44 heavy (non-hydrogen) atoms. The number of hydrogen-bond acceptors (Lipinski definition) is 8. The number of hydrogen-bond donors (Lipinski definition) is 4. The number of nitrogens with one attached hydrogen (secondary N) is 2. The molecule has 0 radical (unpaired) electrons. The molecule has 0 spiro atoms. The maximum absolute atomic E-state index is 14.0. The molecule has 3 heterocycles. The van der Waals surface area contributed by atoms with Gasteiger partial charge in [-0.15, -0.1) is 0 Å². The molecule has 0 bridgehead atoms. The quantitative estimate of drug-likeness (QED) is 0.137. The molecule has 1 aliphatic heterocycles. The second-order valence-electron chi connectivity index (χ2n) is 11.4. The Balaban J connectivity index is 1.17. The largest absolute Gasteiger partial charge is 0.490 e. The van der Waals surface area contributed by atoms with Crippen molar-refractivity contribution in [1.82, 2.24) is 25.0 Å². The number of rotatable bonds is 9. The van der Waals surface area contributed by atoms with Crippen molar-refractivity contribution in [2.24, 2.45) is 0 Å². The number of ketones is 1. The molecule has 11 heteroatoms. The maximum Gasteiger partial charge on any atom is 0.214 e. The Morgan fingerprint density at radius 3 is 2.57 bits per heavy atom. The summed E-state index contributed by atoms with van der Waals surface area (Å²) >= 11 is 0. The second kappa shape index (κ2) is 12.0. The predicted octanol–water partition coefficient (Wildman–Crippen LogP) is 5.05. The number of piperazine rings is 1. The number of fused-ring (bicyclic) bond motifs is 1. The zero-order chi connectivity index (χ0) is 31.0. The van der Waals surface area contributed by atoms with Gasteiger partial charge in [0, 0.05) is 42.6 Å². The van der Waals surface area contributed by atoms with E-state index in [0.717, 1.165) is 36.1 Å². The van der Waals surface area contributed by atoms with E-state index in [1.807, 2.05) is 13.0 Å². The Bertz CT molecular complexity index is 1820. The lowest BCUT2D eigenvalue weighted by atomic mass is 10.1. The molecule has 2 aromatic heterocycles. The third-order valence-electron chi connectivity index (χ3n) is 7.81. The van der Waals surface area contributed by atoms with Crippen molar-refractivity contribution in [3.05, 3.63) is 89.5 Å². The van der Waals surface area contributed by atoms with Gasteiger partial charge in [0.2, 0.25) is 5.78 Å². The lowest BCUT2D eigenvalue weighted by molar-refractivity contribution is 0.103. The van der Waals surface area contributed by atoms with Crippen molar-refractivity contribution in [1.29, 1.82) is 0 Å². The molecular formula is C33H36FN7O3. The fourth-order valence-electron chi connectivity index (χ4n) is 5.78. The van der Waals surface area contributed by atoms with Gasteiger partial charge in [0.1, 0.15) is 23.9 Å². The number of aromatic amines is 1. The molecule has 1 saturated heterocycles. The third kappa shape index (κ3) is 5.97. The summed E-state index contributed by atoms with van der Waals surface area (Å²) in [7, 11) is 0. The Morgan fingerprint density at radius 2 is 1.82 bits per heavy atom. The van der Waals surface area contributed by atoms with Gasteiger partial charge < -0.3 is 31.2 Å². The predicted molar refractivity (Wildman–Crippen MR) is 169 cm³/mol. The van der Waals surface area contributed by atoms with Crippen LogP contribution in [-0.2, 0) is 0 Å². The molecule has 2 atom stereocenters. The minimum atomic E-state index is -0.452. The smallest absolute Gasteiger partial charge is 0.214 e. The lowest BCUT2D eigenvalue weighted by Gasteiger charge is -2.36. The fourth-order valence-corrected chi connectivity index (χ4v) is 5.78. The zero-order valence-corrected chi connectivity index (χ0v) is 24.9. The SMILES string of the molecule is Cc1cc(Oc2ccccc2F)ccc1-n1ncc(C(=O)c2cc3cc(OCCN4CC(C)NC(C)C4)c(N)cc3[nH]2)c1N. The van der Waals surface area contributed by atoms with Crippen LogP contribution in [-0.4, -0.2) is 63.8 Å². The first-order valence-electron chi connectivity index (χ1n) is 14.6. The normalized spacial score (nSPS) is 17.2. The van der Waals surface area contributed by atoms with E-state index in [9.17, 15) is 9.18 Å². The van der Waals surface area contributed by atoms with E-state index in [0.29, 0.717) is 47.3 Å². The van der Waals surface area contributed by atoms with Crippen LogP contribution in [0.2, 0.25) is 0 Å². The van der Waals surface area contributed by atoms with Crippen LogP contribution in [0.25, 0.3) is 16.6 Å². The minimum absolute atomic E-state index is 0.129. The summed E-state index contributed by atoms with van der Waals surface area (Å²) in [6.07, 6.45) is 1.45. The van der Waals surface area contributed by atoms with Gasteiger partial charge in [-0.25, -0.2) is 9.07 Å². The van der Waals surface area contributed by atoms with E-state index in [4.69, 9.17) is 20.9 Å². The summed E-state index contributed by atoms with van der Waals surface area (Å²) in [4.78, 5) is 19.1. The standard InChI is InChI=1S/C33H36FN7O3/c1-19-12-23(44-30-7-5-4-6-25(30)34)8-9-29(19)41-33(36)24(16-37-41)32(42)28-13-22-14-31(26(35)15-27(22)39-28)43-11-10-40-17-20(2)38-21(3)18-40/h4-9,12-16,20-21,38-39H,10-11,17-18,35-36H2,1-3H3. The molecular weight excluding hydrogens is 561 g/mol. The second-order valence-corrected chi connectivity index (χ2v) is 11.4. The summed E-state index contributed by atoms with van der Waals surface area (Å²) in [5, 5.41) is 8.73. The molecule has 1 aliphatic rings. The Morgan fingerprint density at radius 1 is 1.05 bits per heavy atom. The van der Waals surface area contributed by atoms with Crippen LogP contribution in [0.4, 0.5) is 15.9 Å². The van der Waals surface area contributed by atoms with Crippen LogP contribution in [0.15, 0.2) is 66.9 Å². The molecule has 3 aromatic carbocycles. The number of H-pyrrole nitrogens is 1. The topological polar surface area (TPSA) is 136 Å². The van der Waals surface area contributed by atoms with Crippen molar-refractivity contribution in [3.8, 4) is 22.9 Å². The van der Waals surface area contributed by atoms with Crippen molar-refractivity contribution in [2.75, 3.05) is 37.7 Å². The van der Waals surface area contributed by atoms with E-state index in [-0.39, 0.29) is 22.9 Å². The highest BCUT2D eigenvalue weighted by Crippen LogP contribution is 2.31. The molecule has 5 aromatic rings. The number of aryl methyl sites for hydroxylation is 1. The highest BCUT2D eigenvalue weighted by atomic mass is 19.1. The first kappa shape index (κ1) is 29.2. The van der Waals surface area contributed by atoms with E-state index in [2.05, 4.69) is 34.1 Å². The number of anilines is 2. The Hall–Kier alpha value is -4.87. The molecule has 0 aliphatic carbocycles. The minimum Gasteiger partial charge on any atom is -0.490 e. The summed E-state index contributed by atoms with van der Waals surface area (Å²) in [6.45, 7) is 9.48. The summed E-state index contributed by atoms with van der Waals surface area (Å²) in [5.41, 5.74) is 16.0. The van der Waals surface area contributed by atoms with E-state index >= 15 is 0 Å². The Kier molecular flexibility index (Phi) is 7.98. The molecule has 228 valence electrons. The summed E-state index contributed by atoms with van der Waals surface area (Å²) in [5.74, 6) is 0.616. The number of nitrogens with two attached hydrogens (primary N) is 2. The molecule has 6 rings (SSSR count). The van der Waals surface area contributed by atoms with Gasteiger partial charge in [-0.2, -0.15) is 5.10 Å². The molecule has 10 nitrogen and oxygen atoms in total. The van der Waals surface area contributed by atoms with Gasteiger partial charge in [0.05, 0.1) is 28.8 Å². The van der Waals surface area contributed by atoms with Crippen molar-refractivity contribution >= 4 is 28.2 Å². The van der Waals surface area contributed by atoms with Crippen LogP contribution in [0.1, 0.15) is 35.5 Å².